The molecule has 32 heavy (non-hydrogen) atoms. The number of aryl methyl sites for hydroxylation is 2. The number of benzene rings is 1. The van der Waals surface area contributed by atoms with Crippen LogP contribution < -0.4 is 0 Å². The third kappa shape index (κ3) is 15.2. The molecule has 1 aromatic rings. The van der Waals surface area contributed by atoms with E-state index >= 15 is 0 Å². The maximum Gasteiger partial charge on any atom is 0.0227 e. The smallest absolute Gasteiger partial charge is 0.0227 e. The fourth-order valence-corrected chi connectivity index (χ4v) is 4.17. The third-order valence-electron chi connectivity index (χ3n) is 5.93. The van der Waals surface area contributed by atoms with Crippen molar-refractivity contribution in [2.75, 3.05) is 14.1 Å². The zero-order chi connectivity index (χ0) is 23.4. The molecule has 0 unspecified atom stereocenters. The molecule has 0 aliphatic carbocycles. The number of rotatable bonds is 19. The molecule has 0 radical (unpaired) electrons. The highest BCUT2D eigenvalue weighted by Gasteiger charge is 2.04. The summed E-state index contributed by atoms with van der Waals surface area (Å²) in [5.41, 5.74) is 5.85. The molecule has 0 aromatic heterocycles. The summed E-state index contributed by atoms with van der Waals surface area (Å²) in [6.07, 6.45) is 26.6. The minimum atomic E-state index is 1.02. The summed E-state index contributed by atoms with van der Waals surface area (Å²) in [7, 11) is 4.30. The predicted octanol–water partition coefficient (Wildman–Crippen LogP) is 9.22. The van der Waals surface area contributed by atoms with Gasteiger partial charge in [0.15, 0.2) is 0 Å². The first-order chi connectivity index (χ1) is 15.5. The minimum Gasteiger partial charge on any atom is -0.305 e. The molecular weight excluding hydrogens is 386 g/mol. The molecule has 0 aliphatic heterocycles. The molecule has 1 aromatic carbocycles. The van der Waals surface area contributed by atoms with E-state index in [4.69, 9.17) is 0 Å². The number of hydrogen-bond acceptors (Lipinski definition) is 1. The fourth-order valence-electron chi connectivity index (χ4n) is 4.17. The zero-order valence-electron chi connectivity index (χ0n) is 21.8. The lowest BCUT2D eigenvalue weighted by molar-refractivity contribution is 0.402. The van der Waals surface area contributed by atoms with Gasteiger partial charge in [-0.1, -0.05) is 101 Å². The molecule has 0 saturated heterocycles. The van der Waals surface area contributed by atoms with Crippen LogP contribution in [-0.2, 0) is 19.4 Å². The van der Waals surface area contributed by atoms with Gasteiger partial charge in [-0.15, -0.1) is 0 Å². The van der Waals surface area contributed by atoms with Gasteiger partial charge < -0.3 is 4.90 Å². The van der Waals surface area contributed by atoms with Crippen molar-refractivity contribution in [3.63, 3.8) is 0 Å². The Labute approximate surface area is 200 Å². The predicted molar refractivity (Wildman–Crippen MR) is 145 cm³/mol. The Balaban J connectivity index is 2.19. The van der Waals surface area contributed by atoms with E-state index in [-0.39, 0.29) is 0 Å². The van der Waals surface area contributed by atoms with Crippen molar-refractivity contribution < 1.29 is 0 Å². The van der Waals surface area contributed by atoms with Crippen LogP contribution in [0.4, 0.5) is 0 Å². The minimum absolute atomic E-state index is 1.02. The van der Waals surface area contributed by atoms with Crippen molar-refractivity contribution in [1.29, 1.82) is 0 Å². The van der Waals surface area contributed by atoms with Gasteiger partial charge in [0.2, 0.25) is 0 Å². The molecular formula is C31H51N. The van der Waals surface area contributed by atoms with Crippen molar-refractivity contribution in [2.45, 2.75) is 110 Å². The summed E-state index contributed by atoms with van der Waals surface area (Å²) in [5.74, 6) is 0. The second kappa shape index (κ2) is 18.9. The lowest BCUT2D eigenvalue weighted by atomic mass is 9.96. The van der Waals surface area contributed by atoms with Gasteiger partial charge in [-0.2, -0.15) is 0 Å². The molecule has 0 bridgehead atoms. The average Bonchev–Trinajstić information content (AvgIpc) is 2.75. The number of hydrogen-bond donors (Lipinski definition) is 0. The van der Waals surface area contributed by atoms with E-state index in [2.05, 4.69) is 81.9 Å². The monoisotopic (exact) mass is 437 g/mol. The van der Waals surface area contributed by atoms with Crippen molar-refractivity contribution in [3.8, 4) is 0 Å². The second-order valence-electron chi connectivity index (χ2n) is 9.70. The molecule has 0 atom stereocenters. The highest BCUT2D eigenvalue weighted by Crippen LogP contribution is 2.19. The molecule has 180 valence electrons. The Morgan fingerprint density at radius 1 is 0.719 bits per heavy atom. The van der Waals surface area contributed by atoms with Crippen molar-refractivity contribution in [3.05, 3.63) is 71.3 Å². The first kappa shape index (κ1) is 28.4. The molecule has 0 saturated carbocycles. The summed E-state index contributed by atoms with van der Waals surface area (Å²) in [6.45, 7) is 9.92. The Bertz CT molecular complexity index is 665. The van der Waals surface area contributed by atoms with Gasteiger partial charge in [-0.3, -0.25) is 0 Å². The van der Waals surface area contributed by atoms with Gasteiger partial charge in [0.25, 0.3) is 0 Å². The molecule has 0 aliphatic rings. The maximum absolute atomic E-state index is 4.37. The van der Waals surface area contributed by atoms with E-state index in [1.165, 1.54) is 99.3 Å². The highest BCUT2D eigenvalue weighted by atomic mass is 15.0. The lowest BCUT2D eigenvalue weighted by Gasteiger charge is -2.14. The highest BCUT2D eigenvalue weighted by molar-refractivity contribution is 5.31. The molecule has 1 nitrogen and oxygen atoms in total. The van der Waals surface area contributed by atoms with E-state index in [9.17, 15) is 0 Å². The molecule has 0 spiro atoms. The SMILES string of the molecule is C=C(CCCCCC/C=C/C=C/CCCCC)CCc1cc(CCC)cc(CN(C)C)c1. The van der Waals surface area contributed by atoms with Gasteiger partial charge in [0, 0.05) is 6.54 Å². The summed E-state index contributed by atoms with van der Waals surface area (Å²) in [4.78, 5) is 2.26. The zero-order valence-corrected chi connectivity index (χ0v) is 21.8. The van der Waals surface area contributed by atoms with Crippen molar-refractivity contribution in [2.24, 2.45) is 0 Å². The topological polar surface area (TPSA) is 3.24 Å². The fraction of sp³-hybridized carbons (Fsp3) is 0.613. The first-order valence-electron chi connectivity index (χ1n) is 13.3. The molecule has 1 heteroatoms. The molecule has 0 N–H and O–H groups in total. The van der Waals surface area contributed by atoms with Crippen LogP contribution in [0.25, 0.3) is 0 Å². The van der Waals surface area contributed by atoms with Gasteiger partial charge in [-0.25, -0.2) is 0 Å². The van der Waals surface area contributed by atoms with Crippen molar-refractivity contribution >= 4 is 0 Å². The van der Waals surface area contributed by atoms with E-state index in [0.717, 1.165) is 19.4 Å². The molecule has 1 rings (SSSR count). The van der Waals surface area contributed by atoms with Gasteiger partial charge >= 0.3 is 0 Å². The number of allylic oxidation sites excluding steroid dienone is 5. The van der Waals surface area contributed by atoms with Crippen molar-refractivity contribution in [1.82, 2.24) is 4.90 Å². The van der Waals surface area contributed by atoms with Crippen LogP contribution in [0.15, 0.2) is 54.7 Å². The van der Waals surface area contributed by atoms with Gasteiger partial charge in [0.1, 0.15) is 0 Å². The van der Waals surface area contributed by atoms with Crippen LogP contribution in [0.3, 0.4) is 0 Å². The summed E-state index contributed by atoms with van der Waals surface area (Å²) in [6, 6.07) is 7.21. The summed E-state index contributed by atoms with van der Waals surface area (Å²) in [5, 5.41) is 0. The van der Waals surface area contributed by atoms with E-state index in [1.54, 1.807) is 0 Å². The third-order valence-corrected chi connectivity index (χ3v) is 5.93. The van der Waals surface area contributed by atoms with E-state index < -0.39 is 0 Å². The van der Waals surface area contributed by atoms with Crippen LogP contribution in [0, 0.1) is 0 Å². The maximum atomic E-state index is 4.37. The Morgan fingerprint density at radius 2 is 1.31 bits per heavy atom. The largest absolute Gasteiger partial charge is 0.305 e. The van der Waals surface area contributed by atoms with E-state index in [1.807, 2.05) is 0 Å². The molecule has 0 heterocycles. The Morgan fingerprint density at radius 3 is 1.94 bits per heavy atom. The van der Waals surface area contributed by atoms with Crippen LogP contribution >= 0.6 is 0 Å². The van der Waals surface area contributed by atoms with Gasteiger partial charge in [0.05, 0.1) is 0 Å². The van der Waals surface area contributed by atoms with E-state index in [0.29, 0.717) is 0 Å². The first-order valence-corrected chi connectivity index (χ1v) is 13.3. The normalized spacial score (nSPS) is 11.9. The summed E-state index contributed by atoms with van der Waals surface area (Å²) >= 11 is 0. The quantitative estimate of drug-likeness (QED) is 0.118. The van der Waals surface area contributed by atoms with Crippen LogP contribution in [0.1, 0.15) is 108 Å². The second-order valence-corrected chi connectivity index (χ2v) is 9.70. The standard InChI is InChI=1S/C31H51N/c1-6-8-9-10-11-12-13-14-15-16-17-18-19-21-28(3)22-23-30-24-29(20-7-2)25-31(26-30)27-32(4)5/h11-14,24-26H,3,6-10,15-23,27H2,1-2,4-5H3/b12-11+,14-13+. The Hall–Kier alpha value is -1.60. The Kier molecular flexibility index (Phi) is 16.8. The van der Waals surface area contributed by atoms with Crippen LogP contribution in [-0.4, -0.2) is 19.0 Å². The summed E-state index contributed by atoms with van der Waals surface area (Å²) < 4.78 is 0. The molecule has 0 fully saturated rings. The van der Waals surface area contributed by atoms with Crippen LogP contribution in [0.5, 0.6) is 0 Å². The average molecular weight is 438 g/mol. The van der Waals surface area contributed by atoms with Gasteiger partial charge in [-0.05, 0) is 88.6 Å². The lowest BCUT2D eigenvalue weighted by Crippen LogP contribution is -2.11. The van der Waals surface area contributed by atoms with Crippen LogP contribution in [0.2, 0.25) is 0 Å². The molecule has 0 amide bonds. The number of nitrogens with zero attached hydrogens (tertiary/aromatic N) is 1. The number of unbranched alkanes of at least 4 members (excludes halogenated alkanes) is 7.